The van der Waals surface area contributed by atoms with Gasteiger partial charge in [-0.3, -0.25) is 4.98 Å². The lowest BCUT2D eigenvalue weighted by Gasteiger charge is -2.31. The van der Waals surface area contributed by atoms with Crippen molar-refractivity contribution in [2.75, 3.05) is 36.1 Å². The summed E-state index contributed by atoms with van der Waals surface area (Å²) in [6.07, 6.45) is 1.86. The number of benzene rings is 2. The van der Waals surface area contributed by atoms with Crippen LogP contribution in [0.1, 0.15) is 51.4 Å². The third kappa shape index (κ3) is 4.67. The zero-order chi connectivity index (χ0) is 28.0. The Labute approximate surface area is 242 Å². The van der Waals surface area contributed by atoms with Crippen molar-refractivity contribution in [3.8, 4) is 5.69 Å². The Bertz CT molecular complexity index is 1520. The van der Waals surface area contributed by atoms with Crippen LogP contribution in [0, 0.1) is 34.6 Å². The molecule has 0 bridgehead atoms. The smallest absolute Gasteiger partial charge is 0.174 e. The van der Waals surface area contributed by atoms with Gasteiger partial charge in [-0.05, 0) is 106 Å². The number of rotatable bonds is 5. The van der Waals surface area contributed by atoms with Crippen molar-refractivity contribution in [2.24, 2.45) is 0 Å². The molecule has 2 saturated heterocycles. The van der Waals surface area contributed by atoms with Crippen molar-refractivity contribution in [3.05, 3.63) is 106 Å². The first-order valence-electron chi connectivity index (χ1n) is 14.0. The first-order valence-corrected chi connectivity index (χ1v) is 14.4. The van der Waals surface area contributed by atoms with Gasteiger partial charge in [0.2, 0.25) is 0 Å². The van der Waals surface area contributed by atoms with Crippen LogP contribution in [-0.4, -0.2) is 41.0 Å². The van der Waals surface area contributed by atoms with Crippen molar-refractivity contribution in [3.63, 3.8) is 0 Å². The van der Waals surface area contributed by atoms with Crippen molar-refractivity contribution in [1.29, 1.82) is 0 Å². The average Bonchev–Trinajstić information content (AvgIpc) is 3.44. The molecule has 6 nitrogen and oxygen atoms in total. The van der Waals surface area contributed by atoms with Gasteiger partial charge in [0.25, 0.3) is 0 Å². The predicted octanol–water partition coefficient (Wildman–Crippen LogP) is 6.43. The van der Waals surface area contributed by atoms with Gasteiger partial charge >= 0.3 is 0 Å². The number of nitrogens with zero attached hydrogens (tertiary/aromatic N) is 4. The maximum absolute atomic E-state index is 6.02. The molecule has 0 saturated carbocycles. The van der Waals surface area contributed by atoms with E-state index in [4.69, 9.17) is 21.9 Å². The molecule has 0 spiro atoms. The fraction of sp³-hybridized carbons (Fsp3) is 0.333. The van der Waals surface area contributed by atoms with E-state index in [1.165, 1.54) is 45.0 Å². The minimum absolute atomic E-state index is 0.0531. The molecule has 4 aromatic rings. The van der Waals surface area contributed by atoms with E-state index in [2.05, 4.69) is 103 Å². The molecule has 2 fully saturated rings. The summed E-state index contributed by atoms with van der Waals surface area (Å²) < 4.78 is 7.96. The second kappa shape index (κ2) is 10.7. The Hall–Kier alpha value is -3.68. The van der Waals surface area contributed by atoms with E-state index < -0.39 is 0 Å². The Kier molecular flexibility index (Phi) is 7.11. The van der Waals surface area contributed by atoms with Crippen molar-refractivity contribution >= 4 is 28.7 Å². The van der Waals surface area contributed by atoms with E-state index in [9.17, 15) is 0 Å². The largest absolute Gasteiger partial charge is 0.378 e. The molecule has 4 heterocycles. The van der Waals surface area contributed by atoms with Crippen molar-refractivity contribution < 1.29 is 4.74 Å². The van der Waals surface area contributed by atoms with Crippen LogP contribution in [0.2, 0.25) is 0 Å². The number of anilines is 2. The lowest BCUT2D eigenvalue weighted by molar-refractivity contribution is 0.122. The summed E-state index contributed by atoms with van der Waals surface area (Å²) in [6, 6.07) is 21.6. The summed E-state index contributed by atoms with van der Waals surface area (Å²) in [6.45, 7) is 14.4. The summed E-state index contributed by atoms with van der Waals surface area (Å²) in [7, 11) is 0. The second-order valence-electron chi connectivity index (χ2n) is 11.0. The Morgan fingerprint density at radius 1 is 0.875 bits per heavy atom. The minimum atomic E-state index is -0.0817. The molecule has 2 aromatic heterocycles. The Morgan fingerprint density at radius 3 is 2.20 bits per heavy atom. The van der Waals surface area contributed by atoms with Crippen molar-refractivity contribution in [2.45, 2.75) is 46.7 Å². The van der Waals surface area contributed by atoms with Gasteiger partial charge in [-0.15, -0.1) is 0 Å². The third-order valence-corrected chi connectivity index (χ3v) is 8.56. The Balaban J connectivity index is 1.46. The third-order valence-electron chi connectivity index (χ3n) is 8.25. The van der Waals surface area contributed by atoms with E-state index in [0.29, 0.717) is 5.11 Å². The molecule has 0 unspecified atom stereocenters. The number of aromatic nitrogens is 2. The van der Waals surface area contributed by atoms with Crippen LogP contribution in [0.3, 0.4) is 0 Å². The van der Waals surface area contributed by atoms with E-state index in [0.717, 1.165) is 37.7 Å². The highest BCUT2D eigenvalue weighted by molar-refractivity contribution is 7.80. The van der Waals surface area contributed by atoms with Gasteiger partial charge in [-0.25, -0.2) is 0 Å². The quantitative estimate of drug-likeness (QED) is 0.289. The highest BCUT2D eigenvalue weighted by Crippen LogP contribution is 2.44. The maximum atomic E-state index is 6.02. The van der Waals surface area contributed by atoms with Crippen LogP contribution >= 0.6 is 12.2 Å². The van der Waals surface area contributed by atoms with Gasteiger partial charge in [0, 0.05) is 42.0 Å². The molecule has 206 valence electrons. The molecule has 0 radical (unpaired) electrons. The lowest BCUT2D eigenvalue weighted by Crippen LogP contribution is -2.36. The van der Waals surface area contributed by atoms with Crippen LogP contribution < -0.4 is 15.1 Å². The fourth-order valence-electron chi connectivity index (χ4n) is 6.55. The van der Waals surface area contributed by atoms with E-state index in [1.807, 2.05) is 18.3 Å². The minimum Gasteiger partial charge on any atom is -0.378 e. The zero-order valence-corrected chi connectivity index (χ0v) is 24.8. The van der Waals surface area contributed by atoms with Gasteiger partial charge in [0.05, 0.1) is 36.7 Å². The average molecular weight is 552 g/mol. The molecule has 6 rings (SSSR count). The lowest BCUT2D eigenvalue weighted by atomic mass is 9.96. The first kappa shape index (κ1) is 26.5. The number of hydrogen-bond donors (Lipinski definition) is 1. The molecule has 0 amide bonds. The number of ether oxygens (including phenoxy) is 1. The molecule has 2 aliphatic heterocycles. The van der Waals surface area contributed by atoms with Crippen LogP contribution in [0.15, 0.2) is 66.9 Å². The zero-order valence-electron chi connectivity index (χ0n) is 23.9. The number of nitrogens with one attached hydrogen (secondary N) is 1. The topological polar surface area (TPSA) is 45.6 Å². The molecule has 2 aromatic carbocycles. The van der Waals surface area contributed by atoms with Crippen molar-refractivity contribution in [1.82, 2.24) is 14.9 Å². The Morgan fingerprint density at radius 2 is 1.55 bits per heavy atom. The number of thiocarbonyl (C=S) groups is 1. The SMILES string of the molecule is Cc1cc(C)c(-n2c(C)cc([C@H]3[C@H](c4ccccn4)NC(=S)N3c3ccc(N4CCOCC4)cc3)c2C)c(C)c1. The van der Waals surface area contributed by atoms with E-state index >= 15 is 0 Å². The molecule has 7 heteroatoms. The van der Waals surface area contributed by atoms with Gasteiger partial charge in [-0.1, -0.05) is 23.8 Å². The fourth-order valence-corrected chi connectivity index (χ4v) is 6.90. The predicted molar refractivity (Wildman–Crippen MR) is 167 cm³/mol. The molecule has 0 aliphatic carbocycles. The van der Waals surface area contributed by atoms with Crippen LogP contribution in [0.25, 0.3) is 5.69 Å². The summed E-state index contributed by atoms with van der Waals surface area (Å²) >= 11 is 6.02. The van der Waals surface area contributed by atoms with Crippen LogP contribution in [-0.2, 0) is 4.74 Å². The summed E-state index contributed by atoms with van der Waals surface area (Å²) in [5.74, 6) is 0. The number of pyridine rings is 1. The van der Waals surface area contributed by atoms with Gasteiger partial charge in [0.15, 0.2) is 5.11 Å². The summed E-state index contributed by atoms with van der Waals surface area (Å²) in [5, 5.41) is 4.34. The van der Waals surface area contributed by atoms with E-state index in [-0.39, 0.29) is 12.1 Å². The van der Waals surface area contributed by atoms with Gasteiger partial charge < -0.3 is 24.4 Å². The monoisotopic (exact) mass is 551 g/mol. The molecule has 2 aliphatic rings. The number of hydrogen-bond acceptors (Lipinski definition) is 4. The van der Waals surface area contributed by atoms with Gasteiger partial charge in [-0.2, -0.15) is 0 Å². The normalized spacial score (nSPS) is 19.3. The molecular weight excluding hydrogens is 514 g/mol. The van der Waals surface area contributed by atoms with Crippen LogP contribution in [0.5, 0.6) is 0 Å². The van der Waals surface area contributed by atoms with Gasteiger partial charge in [0.1, 0.15) is 0 Å². The number of aryl methyl sites for hydroxylation is 4. The molecule has 1 N–H and O–H groups in total. The highest BCUT2D eigenvalue weighted by Gasteiger charge is 2.42. The van der Waals surface area contributed by atoms with E-state index in [1.54, 1.807) is 0 Å². The second-order valence-corrected chi connectivity index (χ2v) is 11.4. The molecule has 40 heavy (non-hydrogen) atoms. The number of morpholine rings is 1. The highest BCUT2D eigenvalue weighted by atomic mass is 32.1. The van der Waals surface area contributed by atoms with Crippen LogP contribution in [0.4, 0.5) is 11.4 Å². The standard InChI is InChI=1S/C33H37N5OS/c1-21-18-22(2)31(23(3)19-21)37-24(4)20-28(25(37)5)32-30(29-8-6-7-13-34-29)35-33(40)38(32)27-11-9-26(10-12-27)36-14-16-39-17-15-36/h6-13,18-20,30,32H,14-17H2,1-5H3,(H,35,40)/t30-,32-/m0/s1. The maximum Gasteiger partial charge on any atom is 0.174 e. The summed E-state index contributed by atoms with van der Waals surface area (Å²) in [5.41, 5.74) is 12.1. The summed E-state index contributed by atoms with van der Waals surface area (Å²) in [4.78, 5) is 9.41. The first-order chi connectivity index (χ1) is 19.3. The molecule has 2 atom stereocenters. The molecular formula is C33H37N5OS.